The van der Waals surface area contributed by atoms with Gasteiger partial charge in [-0.05, 0) is 13.8 Å². The summed E-state index contributed by atoms with van der Waals surface area (Å²) in [6, 6.07) is 0. The molecule has 0 bridgehead atoms. The van der Waals surface area contributed by atoms with Crippen molar-refractivity contribution in [2.75, 3.05) is 5.75 Å². The maximum Gasteiger partial charge on any atom is 0.212 e. The van der Waals surface area contributed by atoms with E-state index in [4.69, 9.17) is 0 Å². The molecule has 3 nitrogen and oxygen atoms in total. The topological polar surface area (TPSA) is 32.2 Å². The van der Waals surface area contributed by atoms with Crippen molar-refractivity contribution < 1.29 is 29.4 Å². The normalized spacial score (nSPS) is 28.9. The second-order valence-corrected chi connectivity index (χ2v) is 6.20. The van der Waals surface area contributed by atoms with Crippen LogP contribution in [0.15, 0.2) is 17.4 Å². The number of hydrogen-bond acceptors (Lipinski definition) is 3. The van der Waals surface area contributed by atoms with Crippen LogP contribution in [0.2, 0.25) is 0 Å². The summed E-state index contributed by atoms with van der Waals surface area (Å²) in [6.45, 7) is 4.55. The summed E-state index contributed by atoms with van der Waals surface area (Å²) in [5.41, 5.74) is 2.32. The lowest BCUT2D eigenvalue weighted by molar-refractivity contribution is -0.743. The average Bonchev–Trinajstić information content (AvgIpc) is 2.13. The Bertz CT molecular complexity index is 278. The van der Waals surface area contributed by atoms with Gasteiger partial charge in [0.2, 0.25) is 5.17 Å². The highest BCUT2D eigenvalue weighted by Gasteiger charge is 2.43. The summed E-state index contributed by atoms with van der Waals surface area (Å²) in [6.07, 6.45) is 3.86. The van der Waals surface area contributed by atoms with Gasteiger partial charge in [-0.15, -0.1) is 0 Å². The first-order valence-electron chi connectivity index (χ1n) is 4.26. The van der Waals surface area contributed by atoms with Gasteiger partial charge in [-0.2, -0.15) is 5.01 Å². The van der Waals surface area contributed by atoms with E-state index in [0.29, 0.717) is 3.92 Å². The Morgan fingerprint density at radius 2 is 2.43 bits per heavy atom. The third kappa shape index (κ3) is 2.22. The van der Waals surface area contributed by atoms with Gasteiger partial charge in [-0.3, -0.25) is 0 Å². The van der Waals surface area contributed by atoms with E-state index < -0.39 is 0 Å². The highest BCUT2D eigenvalue weighted by molar-refractivity contribution is 14.1. The van der Waals surface area contributed by atoms with Gasteiger partial charge < -0.3 is 24.0 Å². The van der Waals surface area contributed by atoms with E-state index >= 15 is 0 Å². The van der Waals surface area contributed by atoms with Crippen molar-refractivity contribution in [2.24, 2.45) is 4.99 Å². The molecule has 1 atom stereocenters. The Kier molecular flexibility index (Phi) is 4.54. The summed E-state index contributed by atoms with van der Waals surface area (Å²) in [5.74, 6) is 1.16. The maximum atomic E-state index is 4.37. The van der Waals surface area contributed by atoms with Crippen molar-refractivity contribution in [3.05, 3.63) is 12.4 Å². The number of amidine groups is 1. The van der Waals surface area contributed by atoms with Gasteiger partial charge in [0.1, 0.15) is 6.20 Å². The first-order valence-corrected chi connectivity index (χ1v) is 6.49. The number of halogens is 2. The van der Waals surface area contributed by atoms with Gasteiger partial charge in [0.05, 0.1) is 11.7 Å². The van der Waals surface area contributed by atoms with Crippen LogP contribution in [0.25, 0.3) is 0 Å². The number of thioether (sulfide) groups is 1. The number of nitrogens with two attached hydrogens (primary N) is 1. The number of aliphatic imine (C=N–C) groups is 1. The quantitative estimate of drug-likeness (QED) is 0.269. The van der Waals surface area contributed by atoms with Crippen LogP contribution in [0, 0.1) is 0 Å². The Morgan fingerprint density at radius 3 is 3.14 bits per heavy atom. The minimum Gasteiger partial charge on any atom is -1.00 e. The first-order chi connectivity index (χ1) is 6.12. The number of rotatable bonds is 0. The van der Waals surface area contributed by atoms with Gasteiger partial charge >= 0.3 is 0 Å². The zero-order valence-corrected chi connectivity index (χ0v) is 13.2. The number of hydrogen-bond donors (Lipinski definition) is 1. The third-order valence-corrected chi connectivity index (χ3v) is 6.08. The van der Waals surface area contributed by atoms with E-state index in [9.17, 15) is 0 Å². The Labute approximate surface area is 119 Å². The van der Waals surface area contributed by atoms with E-state index in [2.05, 4.69) is 51.9 Å². The third-order valence-electron chi connectivity index (χ3n) is 2.46. The molecule has 0 aliphatic carbocycles. The Hall–Kier alpha value is 0.980. The summed E-state index contributed by atoms with van der Waals surface area (Å²) in [5, 5.41) is 3.42. The van der Waals surface area contributed by atoms with Gasteiger partial charge in [0.25, 0.3) is 0 Å². The van der Waals surface area contributed by atoms with E-state index in [1.807, 2.05) is 24.2 Å². The summed E-state index contributed by atoms with van der Waals surface area (Å²) in [4.78, 5) is 4.37. The molecule has 1 saturated heterocycles. The molecule has 0 saturated carbocycles. The molecule has 2 aliphatic rings. The van der Waals surface area contributed by atoms with Crippen LogP contribution in [0.5, 0.6) is 0 Å². The minimum absolute atomic E-state index is 0. The largest absolute Gasteiger partial charge is 1.00 e. The molecule has 0 amide bonds. The SMILES string of the molecule is CC1(C)C(I)CSC2=NC=C[NH2+]N21.[I-]. The van der Waals surface area contributed by atoms with Crippen molar-refractivity contribution in [1.82, 2.24) is 5.01 Å². The lowest BCUT2D eigenvalue weighted by Gasteiger charge is -2.43. The summed E-state index contributed by atoms with van der Waals surface area (Å²) in [7, 11) is 0. The molecule has 0 aromatic rings. The monoisotopic (exact) mass is 437 g/mol. The molecule has 0 radical (unpaired) electrons. The molecule has 2 N–H and O–H groups in total. The lowest BCUT2D eigenvalue weighted by Crippen LogP contribution is -3.00. The minimum atomic E-state index is 0. The van der Waals surface area contributed by atoms with Gasteiger partial charge in [-0.1, -0.05) is 34.4 Å². The second-order valence-electron chi connectivity index (χ2n) is 3.70. The molecule has 6 heteroatoms. The molecular weight excluding hydrogens is 424 g/mol. The van der Waals surface area contributed by atoms with E-state index in [1.54, 1.807) is 0 Å². The van der Waals surface area contributed by atoms with Crippen LogP contribution in [-0.4, -0.2) is 25.4 Å². The lowest BCUT2D eigenvalue weighted by atomic mass is 10.0. The highest BCUT2D eigenvalue weighted by Crippen LogP contribution is 2.33. The zero-order valence-electron chi connectivity index (χ0n) is 8.08. The smallest absolute Gasteiger partial charge is 0.212 e. The average molecular weight is 437 g/mol. The molecule has 2 heterocycles. The van der Waals surface area contributed by atoms with E-state index in [1.165, 1.54) is 0 Å². The fourth-order valence-electron chi connectivity index (χ4n) is 1.41. The molecule has 80 valence electrons. The number of alkyl halides is 1. The molecule has 0 spiro atoms. The molecular formula is C8H13I2N3S. The molecule has 2 aliphatic heterocycles. The summed E-state index contributed by atoms with van der Waals surface area (Å²) >= 11 is 4.37. The predicted octanol–water partition coefficient (Wildman–Crippen LogP) is -2.06. The van der Waals surface area contributed by atoms with Crippen LogP contribution in [0.3, 0.4) is 0 Å². The number of nitrogens with zero attached hydrogens (tertiary/aromatic N) is 2. The fourth-order valence-corrected chi connectivity index (χ4v) is 3.52. The predicted molar refractivity (Wildman–Crippen MR) is 64.7 cm³/mol. The molecule has 14 heavy (non-hydrogen) atoms. The molecule has 0 aromatic heterocycles. The van der Waals surface area contributed by atoms with E-state index in [0.717, 1.165) is 10.9 Å². The van der Waals surface area contributed by atoms with Crippen LogP contribution in [0.1, 0.15) is 13.8 Å². The maximum absolute atomic E-state index is 4.37. The van der Waals surface area contributed by atoms with Crippen LogP contribution < -0.4 is 29.4 Å². The van der Waals surface area contributed by atoms with Crippen molar-refractivity contribution in [3.63, 3.8) is 0 Å². The van der Waals surface area contributed by atoms with E-state index in [-0.39, 0.29) is 29.5 Å². The van der Waals surface area contributed by atoms with Crippen LogP contribution in [-0.2, 0) is 0 Å². The number of fused-ring (bicyclic) bond motifs is 1. The van der Waals surface area contributed by atoms with Gasteiger partial charge in [-0.25, -0.2) is 10.4 Å². The van der Waals surface area contributed by atoms with Gasteiger partial charge in [0.15, 0.2) is 0 Å². The molecule has 1 unspecified atom stereocenters. The number of quaternary nitrogens is 1. The van der Waals surface area contributed by atoms with Gasteiger partial charge in [0, 0.05) is 9.68 Å². The van der Waals surface area contributed by atoms with Crippen molar-refractivity contribution in [1.29, 1.82) is 0 Å². The van der Waals surface area contributed by atoms with Crippen molar-refractivity contribution in [2.45, 2.75) is 23.3 Å². The Balaban J connectivity index is 0.000000980. The second kappa shape index (κ2) is 4.88. The first kappa shape index (κ1) is 13.0. The highest BCUT2D eigenvalue weighted by atomic mass is 127. The molecule has 1 fully saturated rings. The molecule has 0 aromatic carbocycles. The van der Waals surface area contributed by atoms with Crippen molar-refractivity contribution in [3.8, 4) is 0 Å². The fraction of sp³-hybridized carbons (Fsp3) is 0.625. The Morgan fingerprint density at radius 1 is 1.71 bits per heavy atom. The van der Waals surface area contributed by atoms with Crippen molar-refractivity contribution >= 4 is 39.5 Å². The van der Waals surface area contributed by atoms with Crippen LogP contribution in [0.4, 0.5) is 0 Å². The van der Waals surface area contributed by atoms with Crippen LogP contribution >= 0.6 is 34.4 Å². The standard InChI is InChI=1S/C8H12IN3S.HI/c1-8(2)6(9)5-13-7-10-3-4-11-12(7)8;/h3-4,6,11H,5H2,1-2H3;1H. The molecule has 2 rings (SSSR count). The summed E-state index contributed by atoms with van der Waals surface area (Å²) < 4.78 is 0.664. The zero-order chi connectivity index (χ0) is 9.47.